The van der Waals surface area contributed by atoms with Crippen molar-refractivity contribution in [3.05, 3.63) is 29.3 Å². The summed E-state index contributed by atoms with van der Waals surface area (Å²) in [5.74, 6) is 3.64. The highest BCUT2D eigenvalue weighted by Gasteiger charge is 2.04. The van der Waals surface area contributed by atoms with Gasteiger partial charge in [0.25, 0.3) is 0 Å². The van der Waals surface area contributed by atoms with Gasteiger partial charge in [-0.05, 0) is 24.1 Å². The first-order valence-corrected chi connectivity index (χ1v) is 3.68. The largest absolute Gasteiger partial charge is 0.478 e. The molecule has 0 saturated carbocycles. The summed E-state index contributed by atoms with van der Waals surface area (Å²) < 4.78 is 0. The number of anilines is 1. The van der Waals surface area contributed by atoms with Crippen LogP contribution in [0, 0.1) is 23.2 Å². The van der Waals surface area contributed by atoms with Crippen LogP contribution >= 0.6 is 0 Å². The number of carboxylic acids is 1. The fourth-order valence-corrected chi connectivity index (χ4v) is 0.905. The third-order valence-corrected chi connectivity index (χ3v) is 1.55. The van der Waals surface area contributed by atoms with Crippen LogP contribution in [0.25, 0.3) is 0 Å². The highest BCUT2D eigenvalue weighted by molar-refractivity contribution is 5.89. The molecule has 0 fully saturated rings. The summed E-state index contributed by atoms with van der Waals surface area (Å²) in [6.45, 7) is 0. The molecule has 0 heterocycles. The Bertz CT molecular complexity index is 475. The highest BCUT2D eigenvalue weighted by atomic mass is 16.4. The van der Waals surface area contributed by atoms with E-state index in [9.17, 15) is 4.79 Å². The van der Waals surface area contributed by atoms with E-state index in [1.165, 1.54) is 18.2 Å². The molecule has 68 valence electrons. The van der Waals surface area contributed by atoms with Gasteiger partial charge in [-0.15, -0.1) is 0 Å². The number of carbonyl (C=O) groups is 1. The minimum atomic E-state index is -1.04. The van der Waals surface area contributed by atoms with Gasteiger partial charge in [0.2, 0.25) is 0 Å². The molecule has 1 aromatic rings. The van der Waals surface area contributed by atoms with Gasteiger partial charge in [0.1, 0.15) is 0 Å². The highest BCUT2D eigenvalue weighted by Crippen LogP contribution is 2.12. The molecule has 3 N–H and O–H groups in total. The van der Waals surface area contributed by atoms with Crippen molar-refractivity contribution in [2.24, 2.45) is 0 Å². The lowest BCUT2D eigenvalue weighted by Crippen LogP contribution is -1.99. The Morgan fingerprint density at radius 3 is 2.71 bits per heavy atom. The fourth-order valence-electron chi connectivity index (χ4n) is 0.905. The van der Waals surface area contributed by atoms with E-state index in [1.54, 1.807) is 6.07 Å². The molecule has 0 saturated heterocycles. The average molecular weight is 186 g/mol. The molecule has 0 aliphatic rings. The van der Waals surface area contributed by atoms with Crippen LogP contribution in [-0.2, 0) is 0 Å². The van der Waals surface area contributed by atoms with Crippen LogP contribution in [-0.4, -0.2) is 11.1 Å². The monoisotopic (exact) mass is 186 g/mol. The lowest BCUT2D eigenvalue weighted by Gasteiger charge is -1.99. The van der Waals surface area contributed by atoms with Crippen LogP contribution in [0.3, 0.4) is 0 Å². The summed E-state index contributed by atoms with van der Waals surface area (Å²) in [6.07, 6.45) is 0. The Kier molecular flexibility index (Phi) is 2.73. The Balaban J connectivity index is 3.15. The molecule has 0 radical (unpaired) electrons. The lowest BCUT2D eigenvalue weighted by atomic mass is 10.1. The topological polar surface area (TPSA) is 87.1 Å². The first kappa shape index (κ1) is 9.63. The van der Waals surface area contributed by atoms with Gasteiger partial charge in [0.05, 0.1) is 5.56 Å². The number of rotatable bonds is 1. The van der Waals surface area contributed by atoms with Crippen LogP contribution in [0.1, 0.15) is 15.9 Å². The number of nitrogen functional groups attached to an aromatic ring is 1. The quantitative estimate of drug-likeness (QED) is 0.502. The summed E-state index contributed by atoms with van der Waals surface area (Å²) in [5, 5.41) is 16.8. The third-order valence-electron chi connectivity index (χ3n) is 1.55. The van der Waals surface area contributed by atoms with Crippen LogP contribution in [0.15, 0.2) is 18.2 Å². The predicted molar refractivity (Wildman–Crippen MR) is 50.3 cm³/mol. The third kappa shape index (κ3) is 2.02. The second-order valence-electron chi connectivity index (χ2n) is 2.47. The molecular formula is C10H6N2O2. The maximum absolute atomic E-state index is 10.5. The van der Waals surface area contributed by atoms with Crippen molar-refractivity contribution >= 4 is 11.7 Å². The van der Waals surface area contributed by atoms with Gasteiger partial charge in [-0.1, -0.05) is 0 Å². The van der Waals surface area contributed by atoms with E-state index in [-0.39, 0.29) is 11.3 Å². The molecule has 14 heavy (non-hydrogen) atoms. The fraction of sp³-hybridized carbons (Fsp3) is 0. The molecular weight excluding hydrogens is 180 g/mol. The summed E-state index contributed by atoms with van der Waals surface area (Å²) in [5.41, 5.74) is 6.34. The number of hydrogen-bond acceptors (Lipinski definition) is 3. The van der Waals surface area contributed by atoms with E-state index in [1.807, 2.05) is 0 Å². The van der Waals surface area contributed by atoms with Crippen LogP contribution in [0.4, 0.5) is 5.69 Å². The van der Waals surface area contributed by atoms with Crippen molar-refractivity contribution in [2.75, 3.05) is 5.73 Å². The van der Waals surface area contributed by atoms with Crippen molar-refractivity contribution in [2.45, 2.75) is 0 Å². The lowest BCUT2D eigenvalue weighted by molar-refractivity contribution is 0.0697. The minimum absolute atomic E-state index is 0.102. The second-order valence-corrected chi connectivity index (χ2v) is 2.47. The molecule has 0 aliphatic heterocycles. The van der Waals surface area contributed by atoms with Gasteiger partial charge >= 0.3 is 5.97 Å². The number of nitriles is 1. The van der Waals surface area contributed by atoms with Crippen molar-refractivity contribution in [1.29, 1.82) is 5.26 Å². The normalized spacial score (nSPS) is 8.21. The number of nitrogens with zero attached hydrogens (tertiary/aromatic N) is 1. The number of hydrogen-bond donors (Lipinski definition) is 2. The number of nitrogens with two attached hydrogens (primary N) is 1. The molecule has 0 atom stereocenters. The maximum Gasteiger partial charge on any atom is 0.335 e. The molecule has 0 aromatic heterocycles. The van der Waals surface area contributed by atoms with Gasteiger partial charge in [0, 0.05) is 17.2 Å². The van der Waals surface area contributed by atoms with Gasteiger partial charge in [-0.25, -0.2) is 4.79 Å². The van der Waals surface area contributed by atoms with E-state index < -0.39 is 5.97 Å². The van der Waals surface area contributed by atoms with Crippen molar-refractivity contribution in [3.8, 4) is 17.9 Å². The smallest absolute Gasteiger partial charge is 0.335 e. The maximum atomic E-state index is 10.5. The Morgan fingerprint density at radius 1 is 1.50 bits per heavy atom. The second kappa shape index (κ2) is 3.97. The minimum Gasteiger partial charge on any atom is -0.478 e. The zero-order valence-corrected chi connectivity index (χ0v) is 7.11. The number of aromatic carboxylic acids is 1. The average Bonchev–Trinajstić information content (AvgIpc) is 2.15. The zero-order valence-electron chi connectivity index (χ0n) is 7.11. The first-order chi connectivity index (χ1) is 6.65. The number of benzene rings is 1. The summed E-state index contributed by atoms with van der Waals surface area (Å²) >= 11 is 0. The molecule has 1 rings (SSSR count). The van der Waals surface area contributed by atoms with E-state index in [0.717, 1.165) is 0 Å². The van der Waals surface area contributed by atoms with Gasteiger partial charge in [0.15, 0.2) is 6.07 Å². The molecule has 0 amide bonds. The van der Waals surface area contributed by atoms with Gasteiger partial charge < -0.3 is 10.8 Å². The van der Waals surface area contributed by atoms with E-state index in [4.69, 9.17) is 16.1 Å². The van der Waals surface area contributed by atoms with Gasteiger partial charge in [-0.2, -0.15) is 5.26 Å². The summed E-state index contributed by atoms with van der Waals surface area (Å²) in [7, 11) is 0. The van der Waals surface area contributed by atoms with E-state index in [0.29, 0.717) is 5.56 Å². The first-order valence-electron chi connectivity index (χ1n) is 3.68. The van der Waals surface area contributed by atoms with Crippen molar-refractivity contribution < 1.29 is 9.90 Å². The Labute approximate surface area is 80.6 Å². The van der Waals surface area contributed by atoms with Crippen molar-refractivity contribution in [1.82, 2.24) is 0 Å². The molecule has 4 nitrogen and oxygen atoms in total. The van der Waals surface area contributed by atoms with Crippen LogP contribution in [0.5, 0.6) is 0 Å². The predicted octanol–water partition coefficient (Wildman–Crippen LogP) is 0.842. The van der Waals surface area contributed by atoms with E-state index >= 15 is 0 Å². The summed E-state index contributed by atoms with van der Waals surface area (Å²) in [4.78, 5) is 10.5. The summed E-state index contributed by atoms with van der Waals surface area (Å²) in [6, 6.07) is 5.82. The Morgan fingerprint density at radius 2 is 2.21 bits per heavy atom. The Hall–Kier alpha value is -2.46. The number of carboxylic acid groups (broad SMARTS) is 1. The van der Waals surface area contributed by atoms with E-state index in [2.05, 4.69) is 11.8 Å². The standard InChI is InChI=1S/C10H6N2O2/c11-5-1-2-7-3-4-8(10(13)14)6-9(7)12/h3-4,6H,12H2,(H,13,14). The van der Waals surface area contributed by atoms with Gasteiger partial charge in [-0.3, -0.25) is 0 Å². The molecule has 1 aromatic carbocycles. The zero-order chi connectivity index (χ0) is 10.6. The SMILES string of the molecule is N#CC#Cc1ccc(C(=O)O)cc1N. The van der Waals surface area contributed by atoms with Crippen LogP contribution in [0.2, 0.25) is 0 Å². The molecule has 0 bridgehead atoms. The van der Waals surface area contributed by atoms with Crippen LogP contribution < -0.4 is 5.73 Å². The molecule has 0 spiro atoms. The molecule has 0 aliphatic carbocycles. The molecule has 0 unspecified atom stereocenters. The van der Waals surface area contributed by atoms with Crippen molar-refractivity contribution in [3.63, 3.8) is 0 Å². The molecule has 4 heteroatoms.